The lowest BCUT2D eigenvalue weighted by atomic mass is 10.0. The van der Waals surface area contributed by atoms with Gasteiger partial charge >= 0.3 is 0 Å². The van der Waals surface area contributed by atoms with Crippen LogP contribution in [-0.4, -0.2) is 19.2 Å². The lowest BCUT2D eigenvalue weighted by Crippen LogP contribution is -2.29. The highest BCUT2D eigenvalue weighted by Crippen LogP contribution is 2.33. The van der Waals surface area contributed by atoms with Crippen LogP contribution in [0.5, 0.6) is 5.75 Å². The van der Waals surface area contributed by atoms with E-state index in [-0.39, 0.29) is 6.10 Å². The van der Waals surface area contributed by atoms with Crippen molar-refractivity contribution in [3.05, 3.63) is 18.2 Å². The van der Waals surface area contributed by atoms with Crippen molar-refractivity contribution in [1.82, 2.24) is 0 Å². The molecular weight excluding hydrogens is 248 g/mol. The summed E-state index contributed by atoms with van der Waals surface area (Å²) < 4.78 is 5.79. The fourth-order valence-corrected chi connectivity index (χ4v) is 2.42. The van der Waals surface area contributed by atoms with Gasteiger partial charge in [0.05, 0.1) is 17.5 Å². The van der Waals surface area contributed by atoms with Gasteiger partial charge in [0.1, 0.15) is 5.75 Å². The maximum atomic E-state index is 6.30. The van der Waals surface area contributed by atoms with Crippen molar-refractivity contribution in [3.63, 3.8) is 0 Å². The fourth-order valence-electron chi connectivity index (χ4n) is 2.42. The Morgan fingerprint density at radius 1 is 1.15 bits per heavy atom. The van der Waals surface area contributed by atoms with Crippen molar-refractivity contribution >= 4 is 11.4 Å². The normalized spacial score (nSPS) is 11.2. The zero-order valence-electron chi connectivity index (χ0n) is 13.6. The number of nitrogens with zero attached hydrogens (tertiary/aromatic N) is 1. The minimum Gasteiger partial charge on any atom is -0.489 e. The van der Waals surface area contributed by atoms with Gasteiger partial charge in [0, 0.05) is 13.1 Å². The molecule has 0 amide bonds. The molecule has 0 radical (unpaired) electrons. The number of para-hydroxylation sites is 1. The monoisotopic (exact) mass is 278 g/mol. The molecule has 1 rings (SSSR count). The average Bonchev–Trinajstić information content (AvgIpc) is 2.43. The van der Waals surface area contributed by atoms with E-state index in [1.165, 1.54) is 12.8 Å². The molecule has 0 aliphatic carbocycles. The molecule has 0 aliphatic rings. The highest BCUT2D eigenvalue weighted by molar-refractivity contribution is 5.74. The molecule has 3 heteroatoms. The number of ether oxygens (including phenoxy) is 1. The molecule has 0 fully saturated rings. The molecule has 3 nitrogen and oxygen atoms in total. The van der Waals surface area contributed by atoms with E-state index in [0.29, 0.717) is 5.92 Å². The molecule has 0 aromatic heterocycles. The summed E-state index contributed by atoms with van der Waals surface area (Å²) in [5.41, 5.74) is 8.15. The standard InChI is InChI=1S/C17H30N2O/c1-6-14(7-2)12-19(8-3)15-10-9-11-16(17(15)18)20-13(4)5/h9-11,13-14H,6-8,12,18H2,1-5H3. The molecule has 0 unspecified atom stereocenters. The predicted octanol–water partition coefficient (Wildman–Crippen LogP) is 4.32. The molecule has 20 heavy (non-hydrogen) atoms. The van der Waals surface area contributed by atoms with Gasteiger partial charge < -0.3 is 15.4 Å². The SMILES string of the molecule is CCC(CC)CN(CC)c1cccc(OC(C)C)c1N. The third-order valence-electron chi connectivity index (χ3n) is 3.76. The van der Waals surface area contributed by atoms with Crippen LogP contribution < -0.4 is 15.4 Å². The third-order valence-corrected chi connectivity index (χ3v) is 3.76. The van der Waals surface area contributed by atoms with Gasteiger partial charge in [-0.25, -0.2) is 0 Å². The summed E-state index contributed by atoms with van der Waals surface area (Å²) in [4.78, 5) is 2.36. The molecule has 1 aromatic rings. The molecule has 0 heterocycles. The Morgan fingerprint density at radius 3 is 2.30 bits per heavy atom. The van der Waals surface area contributed by atoms with E-state index >= 15 is 0 Å². The highest BCUT2D eigenvalue weighted by atomic mass is 16.5. The molecule has 0 saturated heterocycles. The van der Waals surface area contributed by atoms with Crippen molar-refractivity contribution in [3.8, 4) is 5.75 Å². The Bertz CT molecular complexity index is 400. The minimum atomic E-state index is 0.140. The highest BCUT2D eigenvalue weighted by Gasteiger charge is 2.15. The summed E-state index contributed by atoms with van der Waals surface area (Å²) in [6.45, 7) is 12.7. The second-order valence-corrected chi connectivity index (χ2v) is 5.58. The molecule has 0 atom stereocenters. The van der Waals surface area contributed by atoms with Gasteiger partial charge in [-0.15, -0.1) is 0 Å². The van der Waals surface area contributed by atoms with E-state index in [1.54, 1.807) is 0 Å². The number of rotatable bonds is 8. The molecule has 0 saturated carbocycles. The van der Waals surface area contributed by atoms with Crippen LogP contribution in [0, 0.1) is 5.92 Å². The summed E-state index contributed by atoms with van der Waals surface area (Å²) in [6, 6.07) is 6.07. The second-order valence-electron chi connectivity index (χ2n) is 5.58. The predicted molar refractivity (Wildman–Crippen MR) is 88.6 cm³/mol. The first kappa shape index (κ1) is 16.7. The average molecular weight is 278 g/mol. The lowest BCUT2D eigenvalue weighted by Gasteiger charge is -2.29. The fraction of sp³-hybridized carbons (Fsp3) is 0.647. The van der Waals surface area contributed by atoms with Crippen molar-refractivity contribution in [2.45, 2.75) is 53.6 Å². The first-order valence-corrected chi connectivity index (χ1v) is 7.83. The number of nitrogen functional groups attached to an aromatic ring is 1. The Morgan fingerprint density at radius 2 is 1.80 bits per heavy atom. The van der Waals surface area contributed by atoms with E-state index in [2.05, 4.69) is 31.7 Å². The second kappa shape index (κ2) is 8.03. The van der Waals surface area contributed by atoms with E-state index in [0.717, 1.165) is 30.2 Å². The Balaban J connectivity index is 2.97. The maximum absolute atomic E-state index is 6.30. The van der Waals surface area contributed by atoms with E-state index in [1.807, 2.05) is 26.0 Å². The van der Waals surface area contributed by atoms with E-state index in [9.17, 15) is 0 Å². The zero-order chi connectivity index (χ0) is 15.1. The molecular formula is C17H30N2O. The van der Waals surface area contributed by atoms with Crippen molar-refractivity contribution in [2.24, 2.45) is 5.92 Å². The minimum absolute atomic E-state index is 0.140. The third kappa shape index (κ3) is 4.32. The molecule has 0 bridgehead atoms. The van der Waals surface area contributed by atoms with Crippen LogP contribution in [0.4, 0.5) is 11.4 Å². The Hall–Kier alpha value is -1.38. The summed E-state index contributed by atoms with van der Waals surface area (Å²) in [5.74, 6) is 1.50. The van der Waals surface area contributed by atoms with Crippen LogP contribution in [-0.2, 0) is 0 Å². The van der Waals surface area contributed by atoms with Gasteiger partial charge in [-0.1, -0.05) is 32.8 Å². The van der Waals surface area contributed by atoms with Crippen LogP contribution >= 0.6 is 0 Å². The quantitative estimate of drug-likeness (QED) is 0.720. The molecule has 114 valence electrons. The first-order chi connectivity index (χ1) is 9.53. The van der Waals surface area contributed by atoms with E-state index in [4.69, 9.17) is 10.5 Å². The topological polar surface area (TPSA) is 38.5 Å². The number of benzene rings is 1. The van der Waals surface area contributed by atoms with Crippen molar-refractivity contribution in [1.29, 1.82) is 0 Å². The number of hydrogen-bond donors (Lipinski definition) is 1. The number of nitrogens with two attached hydrogens (primary N) is 1. The van der Waals surface area contributed by atoms with Crippen LogP contribution in [0.3, 0.4) is 0 Å². The smallest absolute Gasteiger partial charge is 0.144 e. The largest absolute Gasteiger partial charge is 0.489 e. The Labute approximate surface area is 124 Å². The molecule has 0 spiro atoms. The number of anilines is 2. The summed E-state index contributed by atoms with van der Waals surface area (Å²) >= 11 is 0. The van der Waals surface area contributed by atoms with Gasteiger partial charge in [0.25, 0.3) is 0 Å². The lowest BCUT2D eigenvalue weighted by molar-refractivity contribution is 0.244. The molecule has 1 aromatic carbocycles. The van der Waals surface area contributed by atoms with Gasteiger partial charge in [0.15, 0.2) is 0 Å². The Kier molecular flexibility index (Phi) is 6.69. The zero-order valence-corrected chi connectivity index (χ0v) is 13.6. The van der Waals surface area contributed by atoms with Crippen LogP contribution in [0.25, 0.3) is 0 Å². The molecule has 2 N–H and O–H groups in total. The van der Waals surface area contributed by atoms with Crippen LogP contribution in [0.2, 0.25) is 0 Å². The van der Waals surface area contributed by atoms with E-state index < -0.39 is 0 Å². The first-order valence-electron chi connectivity index (χ1n) is 7.83. The summed E-state index contributed by atoms with van der Waals surface area (Å²) in [7, 11) is 0. The van der Waals surface area contributed by atoms with Gasteiger partial charge in [-0.3, -0.25) is 0 Å². The maximum Gasteiger partial charge on any atom is 0.144 e. The molecule has 0 aliphatic heterocycles. The van der Waals surface area contributed by atoms with Gasteiger partial charge in [-0.05, 0) is 38.8 Å². The summed E-state index contributed by atoms with van der Waals surface area (Å²) in [6.07, 6.45) is 2.55. The van der Waals surface area contributed by atoms with Crippen LogP contribution in [0.1, 0.15) is 47.5 Å². The van der Waals surface area contributed by atoms with Crippen LogP contribution in [0.15, 0.2) is 18.2 Å². The van der Waals surface area contributed by atoms with Gasteiger partial charge in [-0.2, -0.15) is 0 Å². The van der Waals surface area contributed by atoms with Crippen molar-refractivity contribution < 1.29 is 4.74 Å². The number of hydrogen-bond acceptors (Lipinski definition) is 3. The summed E-state index contributed by atoms with van der Waals surface area (Å²) in [5, 5.41) is 0. The van der Waals surface area contributed by atoms with Crippen molar-refractivity contribution in [2.75, 3.05) is 23.7 Å². The van der Waals surface area contributed by atoms with Gasteiger partial charge in [0.2, 0.25) is 0 Å².